The number of carbonyl (C=O) groups excluding carboxylic acids is 1. The molecule has 1 aromatic rings. The molecule has 5 heteroatoms. The van der Waals surface area contributed by atoms with E-state index in [0.29, 0.717) is 16.4 Å². The quantitative estimate of drug-likeness (QED) is 0.859. The number of pyridine rings is 1. The van der Waals surface area contributed by atoms with Crippen LogP contribution in [0.15, 0.2) is 12.3 Å². The van der Waals surface area contributed by atoms with Crippen molar-refractivity contribution in [2.24, 2.45) is 0 Å². The Kier molecular flexibility index (Phi) is 3.29. The summed E-state index contributed by atoms with van der Waals surface area (Å²) in [6.45, 7) is 1.68. The summed E-state index contributed by atoms with van der Waals surface area (Å²) < 4.78 is 0. The number of amides is 1. The molecular formula is C11H14ClN3O. The van der Waals surface area contributed by atoms with E-state index in [9.17, 15) is 4.79 Å². The van der Waals surface area contributed by atoms with Gasteiger partial charge in [-0.2, -0.15) is 0 Å². The average molecular weight is 240 g/mol. The standard InChI is InChI=1S/C11H14ClN3O/c1-13-10-9(12)6-8(7-14-10)11(16)15-4-2-3-5-15/h6-7H,2-5H2,1H3,(H,13,14). The first-order valence-electron chi connectivity index (χ1n) is 5.35. The van der Waals surface area contributed by atoms with Crippen molar-refractivity contribution in [3.8, 4) is 0 Å². The van der Waals surface area contributed by atoms with Crippen LogP contribution in [0.4, 0.5) is 5.82 Å². The molecule has 1 saturated heterocycles. The Labute approximate surface area is 99.6 Å². The highest BCUT2D eigenvalue weighted by Gasteiger charge is 2.20. The van der Waals surface area contributed by atoms with Crippen molar-refractivity contribution in [3.63, 3.8) is 0 Å². The molecule has 1 aliphatic heterocycles. The van der Waals surface area contributed by atoms with Crippen molar-refractivity contribution >= 4 is 23.3 Å². The van der Waals surface area contributed by atoms with E-state index in [-0.39, 0.29) is 5.91 Å². The number of halogens is 1. The molecule has 86 valence electrons. The van der Waals surface area contributed by atoms with Crippen LogP contribution < -0.4 is 5.32 Å². The summed E-state index contributed by atoms with van der Waals surface area (Å²) in [7, 11) is 1.75. The maximum absolute atomic E-state index is 12.0. The van der Waals surface area contributed by atoms with Gasteiger partial charge >= 0.3 is 0 Å². The van der Waals surface area contributed by atoms with Gasteiger partial charge in [0, 0.05) is 26.3 Å². The predicted molar refractivity (Wildman–Crippen MR) is 63.9 cm³/mol. The third-order valence-corrected chi connectivity index (χ3v) is 3.01. The lowest BCUT2D eigenvalue weighted by atomic mass is 10.2. The Morgan fingerprint density at radius 3 is 2.75 bits per heavy atom. The largest absolute Gasteiger partial charge is 0.372 e. The van der Waals surface area contributed by atoms with Gasteiger partial charge in [-0.15, -0.1) is 0 Å². The fourth-order valence-corrected chi connectivity index (χ4v) is 2.10. The molecule has 4 nitrogen and oxygen atoms in total. The van der Waals surface area contributed by atoms with Crippen LogP contribution in [0.25, 0.3) is 0 Å². The fraction of sp³-hybridized carbons (Fsp3) is 0.455. The molecule has 0 unspecified atom stereocenters. The number of hydrogen-bond acceptors (Lipinski definition) is 3. The van der Waals surface area contributed by atoms with Gasteiger partial charge in [0.05, 0.1) is 10.6 Å². The maximum atomic E-state index is 12.0. The second kappa shape index (κ2) is 4.70. The Morgan fingerprint density at radius 1 is 1.50 bits per heavy atom. The molecule has 0 atom stereocenters. The Bertz CT molecular complexity index is 402. The van der Waals surface area contributed by atoms with E-state index in [0.717, 1.165) is 25.9 Å². The van der Waals surface area contributed by atoms with Crippen LogP contribution in [0.3, 0.4) is 0 Å². The summed E-state index contributed by atoms with van der Waals surface area (Å²) in [5.74, 6) is 0.620. The van der Waals surface area contributed by atoms with Gasteiger partial charge < -0.3 is 10.2 Å². The highest BCUT2D eigenvalue weighted by Crippen LogP contribution is 2.21. The molecular weight excluding hydrogens is 226 g/mol. The number of nitrogens with zero attached hydrogens (tertiary/aromatic N) is 2. The highest BCUT2D eigenvalue weighted by molar-refractivity contribution is 6.33. The van der Waals surface area contributed by atoms with Gasteiger partial charge in [0.2, 0.25) is 0 Å². The Balaban J connectivity index is 2.20. The minimum absolute atomic E-state index is 0.0227. The number of likely N-dealkylation sites (tertiary alicyclic amines) is 1. The van der Waals surface area contributed by atoms with Gasteiger partial charge in [-0.3, -0.25) is 4.79 Å². The van der Waals surface area contributed by atoms with E-state index in [1.54, 1.807) is 19.3 Å². The molecule has 1 aliphatic rings. The van der Waals surface area contributed by atoms with E-state index >= 15 is 0 Å². The lowest BCUT2D eigenvalue weighted by Gasteiger charge is -2.15. The van der Waals surface area contributed by atoms with Gasteiger partial charge in [-0.25, -0.2) is 4.98 Å². The molecule has 0 bridgehead atoms. The van der Waals surface area contributed by atoms with Crippen molar-refractivity contribution in [1.29, 1.82) is 0 Å². The molecule has 0 radical (unpaired) electrons. The number of hydrogen-bond donors (Lipinski definition) is 1. The minimum atomic E-state index is 0.0227. The summed E-state index contributed by atoms with van der Waals surface area (Å²) in [5.41, 5.74) is 0.561. The molecule has 0 aromatic carbocycles. The zero-order valence-corrected chi connectivity index (χ0v) is 9.92. The molecule has 0 aliphatic carbocycles. The molecule has 1 N–H and O–H groups in total. The van der Waals surface area contributed by atoms with Crippen molar-refractivity contribution in [1.82, 2.24) is 9.88 Å². The zero-order chi connectivity index (χ0) is 11.5. The Morgan fingerprint density at radius 2 is 2.19 bits per heavy atom. The summed E-state index contributed by atoms with van der Waals surface area (Å²) in [6.07, 6.45) is 3.74. The van der Waals surface area contributed by atoms with Crippen molar-refractivity contribution in [2.45, 2.75) is 12.8 Å². The molecule has 1 aromatic heterocycles. The lowest BCUT2D eigenvalue weighted by Crippen LogP contribution is -2.27. The third kappa shape index (κ3) is 2.11. The molecule has 1 fully saturated rings. The van der Waals surface area contributed by atoms with Gasteiger partial charge in [0.15, 0.2) is 0 Å². The monoisotopic (exact) mass is 239 g/mol. The number of aromatic nitrogens is 1. The first-order valence-corrected chi connectivity index (χ1v) is 5.72. The van der Waals surface area contributed by atoms with E-state index in [1.807, 2.05) is 4.90 Å². The van der Waals surface area contributed by atoms with Crippen molar-refractivity contribution in [2.75, 3.05) is 25.5 Å². The summed E-state index contributed by atoms with van der Waals surface area (Å²) in [5, 5.41) is 3.34. The Hall–Kier alpha value is -1.29. The van der Waals surface area contributed by atoms with Gasteiger partial charge in [-0.1, -0.05) is 11.6 Å². The first kappa shape index (κ1) is 11.2. The second-order valence-corrected chi connectivity index (χ2v) is 4.21. The van der Waals surface area contributed by atoms with Crippen molar-refractivity contribution < 1.29 is 4.79 Å². The summed E-state index contributed by atoms with van der Waals surface area (Å²) >= 11 is 5.98. The third-order valence-electron chi connectivity index (χ3n) is 2.72. The molecule has 2 rings (SSSR count). The van der Waals surface area contributed by atoms with Crippen LogP contribution in [0.2, 0.25) is 5.02 Å². The average Bonchev–Trinajstić information content (AvgIpc) is 2.81. The lowest BCUT2D eigenvalue weighted by molar-refractivity contribution is 0.0792. The van der Waals surface area contributed by atoms with Gasteiger partial charge in [0.1, 0.15) is 5.82 Å². The number of anilines is 1. The van der Waals surface area contributed by atoms with Crippen molar-refractivity contribution in [3.05, 3.63) is 22.8 Å². The number of nitrogens with one attached hydrogen (secondary N) is 1. The molecule has 0 saturated carbocycles. The minimum Gasteiger partial charge on any atom is -0.372 e. The molecule has 2 heterocycles. The van der Waals surface area contributed by atoms with Crippen LogP contribution in [-0.4, -0.2) is 35.9 Å². The van der Waals surface area contributed by atoms with E-state index in [2.05, 4.69) is 10.3 Å². The summed E-state index contributed by atoms with van der Waals surface area (Å²) in [6, 6.07) is 1.67. The van der Waals surface area contributed by atoms with Crippen LogP contribution in [0.1, 0.15) is 23.2 Å². The topological polar surface area (TPSA) is 45.2 Å². The summed E-state index contributed by atoms with van der Waals surface area (Å²) in [4.78, 5) is 17.9. The fourth-order valence-electron chi connectivity index (χ4n) is 1.84. The van der Waals surface area contributed by atoms with Crippen LogP contribution in [0.5, 0.6) is 0 Å². The van der Waals surface area contributed by atoms with Crippen LogP contribution in [0, 0.1) is 0 Å². The molecule has 0 spiro atoms. The number of carbonyl (C=O) groups is 1. The van der Waals surface area contributed by atoms with Crippen LogP contribution in [-0.2, 0) is 0 Å². The SMILES string of the molecule is CNc1ncc(C(=O)N2CCCC2)cc1Cl. The van der Waals surface area contributed by atoms with Crippen LogP contribution >= 0.6 is 11.6 Å². The van der Waals surface area contributed by atoms with E-state index in [4.69, 9.17) is 11.6 Å². The van der Waals surface area contributed by atoms with E-state index < -0.39 is 0 Å². The number of rotatable bonds is 2. The molecule has 1 amide bonds. The second-order valence-electron chi connectivity index (χ2n) is 3.80. The highest BCUT2D eigenvalue weighted by atomic mass is 35.5. The molecule has 16 heavy (non-hydrogen) atoms. The first-order chi connectivity index (χ1) is 7.72. The normalized spacial score (nSPS) is 15.2. The van der Waals surface area contributed by atoms with E-state index in [1.165, 1.54) is 0 Å². The van der Waals surface area contributed by atoms with Gasteiger partial charge in [-0.05, 0) is 18.9 Å². The predicted octanol–water partition coefficient (Wildman–Crippen LogP) is 2.01. The smallest absolute Gasteiger partial charge is 0.255 e. The maximum Gasteiger partial charge on any atom is 0.255 e. The zero-order valence-electron chi connectivity index (χ0n) is 9.16. The van der Waals surface area contributed by atoms with Gasteiger partial charge in [0.25, 0.3) is 5.91 Å².